The molecule has 0 bridgehead atoms. The highest BCUT2D eigenvalue weighted by molar-refractivity contribution is 14.0. The average molecular weight is 456 g/mol. The molecule has 0 aliphatic heterocycles. The number of rotatable bonds is 7. The minimum absolute atomic E-state index is 0. The van der Waals surface area contributed by atoms with Crippen molar-refractivity contribution in [2.45, 2.75) is 26.6 Å². The molecule has 0 unspecified atom stereocenters. The van der Waals surface area contributed by atoms with Crippen LogP contribution < -0.4 is 5.32 Å². The number of halogens is 1. The molecular weight excluding hydrogens is 427 g/mol. The number of benzene rings is 1. The van der Waals surface area contributed by atoms with E-state index in [1.807, 2.05) is 20.0 Å². The zero-order valence-corrected chi connectivity index (χ0v) is 17.9. The van der Waals surface area contributed by atoms with Crippen LogP contribution in [0.2, 0.25) is 0 Å². The van der Waals surface area contributed by atoms with E-state index in [0.717, 1.165) is 25.7 Å². The van der Waals surface area contributed by atoms with E-state index < -0.39 is 0 Å². The van der Waals surface area contributed by atoms with E-state index in [9.17, 15) is 0 Å². The van der Waals surface area contributed by atoms with Gasteiger partial charge in [-0.15, -0.1) is 24.0 Å². The van der Waals surface area contributed by atoms with Crippen LogP contribution in [0.25, 0.3) is 0 Å². The molecule has 5 nitrogen and oxygen atoms in total. The zero-order valence-electron chi connectivity index (χ0n) is 15.5. The van der Waals surface area contributed by atoms with Gasteiger partial charge in [-0.3, -0.25) is 4.99 Å². The maximum absolute atomic E-state index is 5.55. The molecule has 1 heterocycles. The first kappa shape index (κ1) is 21.5. The van der Waals surface area contributed by atoms with Crippen molar-refractivity contribution in [3.63, 3.8) is 0 Å². The van der Waals surface area contributed by atoms with Crippen LogP contribution in [-0.2, 0) is 31.5 Å². The van der Waals surface area contributed by atoms with Crippen LogP contribution in [-0.4, -0.2) is 36.1 Å². The summed E-state index contributed by atoms with van der Waals surface area (Å²) in [5, 5.41) is 3.45. The van der Waals surface area contributed by atoms with E-state index in [2.05, 4.69) is 70.4 Å². The standard InChI is InChI=1S/C19H28N4O.HI/c1-5-24-15-17-10-7-6-9-16(17)13-21-19(20-2)23(4)14-18-11-8-12-22(18)3;/h6-12H,5,13-15H2,1-4H3,(H,20,21);1H. The third-order valence-electron chi connectivity index (χ3n) is 4.04. The summed E-state index contributed by atoms with van der Waals surface area (Å²) in [4.78, 5) is 6.52. The van der Waals surface area contributed by atoms with Gasteiger partial charge >= 0.3 is 0 Å². The van der Waals surface area contributed by atoms with Gasteiger partial charge in [0, 0.05) is 46.2 Å². The third-order valence-corrected chi connectivity index (χ3v) is 4.04. The summed E-state index contributed by atoms with van der Waals surface area (Å²) in [5.41, 5.74) is 3.70. The van der Waals surface area contributed by atoms with Gasteiger partial charge in [0.15, 0.2) is 5.96 Å². The van der Waals surface area contributed by atoms with Crippen molar-refractivity contribution in [3.05, 3.63) is 59.4 Å². The van der Waals surface area contributed by atoms with Crippen LogP contribution in [0.3, 0.4) is 0 Å². The number of hydrogen-bond donors (Lipinski definition) is 1. The molecule has 0 spiro atoms. The van der Waals surface area contributed by atoms with Crippen LogP contribution in [0, 0.1) is 0 Å². The summed E-state index contributed by atoms with van der Waals surface area (Å²) in [6, 6.07) is 12.5. The first-order valence-corrected chi connectivity index (χ1v) is 8.32. The third kappa shape index (κ3) is 6.36. The lowest BCUT2D eigenvalue weighted by atomic mass is 10.1. The van der Waals surface area contributed by atoms with Gasteiger partial charge in [-0.2, -0.15) is 0 Å². The minimum Gasteiger partial charge on any atom is -0.377 e. The zero-order chi connectivity index (χ0) is 17.4. The Morgan fingerprint density at radius 1 is 1.20 bits per heavy atom. The Labute approximate surface area is 168 Å². The maximum Gasteiger partial charge on any atom is 0.194 e. The summed E-state index contributed by atoms with van der Waals surface area (Å²) in [6.07, 6.45) is 2.06. The second kappa shape index (κ2) is 11.1. The second-order valence-electron chi connectivity index (χ2n) is 5.77. The fourth-order valence-corrected chi connectivity index (χ4v) is 2.62. The van der Waals surface area contributed by atoms with Gasteiger partial charge in [0.05, 0.1) is 13.2 Å². The number of aryl methyl sites for hydroxylation is 1. The molecule has 0 amide bonds. The van der Waals surface area contributed by atoms with Gasteiger partial charge in [0.1, 0.15) is 0 Å². The first-order chi connectivity index (χ1) is 11.7. The largest absolute Gasteiger partial charge is 0.377 e. The number of guanidine groups is 1. The summed E-state index contributed by atoms with van der Waals surface area (Å²) in [5.74, 6) is 0.877. The van der Waals surface area contributed by atoms with Gasteiger partial charge in [-0.05, 0) is 30.2 Å². The van der Waals surface area contributed by atoms with Crippen LogP contribution in [0.5, 0.6) is 0 Å². The van der Waals surface area contributed by atoms with Gasteiger partial charge in [-0.1, -0.05) is 24.3 Å². The Balaban J connectivity index is 0.00000312. The van der Waals surface area contributed by atoms with E-state index in [1.54, 1.807) is 0 Å². The van der Waals surface area contributed by atoms with Crippen molar-refractivity contribution in [1.29, 1.82) is 0 Å². The number of hydrogen-bond acceptors (Lipinski definition) is 2. The van der Waals surface area contributed by atoms with Crippen molar-refractivity contribution in [2.75, 3.05) is 20.7 Å². The molecule has 0 saturated carbocycles. The van der Waals surface area contributed by atoms with Crippen molar-refractivity contribution in [2.24, 2.45) is 12.0 Å². The van der Waals surface area contributed by atoms with E-state index in [4.69, 9.17) is 4.74 Å². The topological polar surface area (TPSA) is 41.8 Å². The molecule has 2 rings (SSSR count). The predicted molar refractivity (Wildman–Crippen MR) is 114 cm³/mol. The second-order valence-corrected chi connectivity index (χ2v) is 5.77. The Morgan fingerprint density at radius 3 is 2.52 bits per heavy atom. The Morgan fingerprint density at radius 2 is 1.92 bits per heavy atom. The van der Waals surface area contributed by atoms with Gasteiger partial charge in [-0.25, -0.2) is 0 Å². The number of ether oxygens (including phenoxy) is 1. The van der Waals surface area contributed by atoms with E-state index >= 15 is 0 Å². The number of aliphatic imine (C=N–C) groups is 1. The lowest BCUT2D eigenvalue weighted by molar-refractivity contribution is 0.133. The van der Waals surface area contributed by atoms with Crippen molar-refractivity contribution >= 4 is 29.9 Å². The average Bonchev–Trinajstić information content (AvgIpc) is 2.99. The van der Waals surface area contributed by atoms with Gasteiger partial charge < -0.3 is 19.5 Å². The number of aromatic nitrogens is 1. The SMILES string of the molecule is CCOCc1ccccc1CNC(=NC)N(C)Cc1cccn1C.I. The van der Waals surface area contributed by atoms with Gasteiger partial charge in [0.2, 0.25) is 0 Å². The summed E-state index contributed by atoms with van der Waals surface area (Å²) >= 11 is 0. The molecule has 0 aliphatic carbocycles. The molecule has 0 radical (unpaired) electrons. The highest BCUT2D eigenvalue weighted by atomic mass is 127. The van der Waals surface area contributed by atoms with Crippen molar-refractivity contribution in [1.82, 2.24) is 14.8 Å². The first-order valence-electron chi connectivity index (χ1n) is 8.32. The maximum atomic E-state index is 5.55. The molecule has 1 aromatic carbocycles. The summed E-state index contributed by atoms with van der Waals surface area (Å²) < 4.78 is 7.68. The lowest BCUT2D eigenvalue weighted by Gasteiger charge is -2.23. The van der Waals surface area contributed by atoms with Crippen LogP contribution in [0.4, 0.5) is 0 Å². The van der Waals surface area contributed by atoms with Gasteiger partial charge in [0.25, 0.3) is 0 Å². The fraction of sp³-hybridized carbons (Fsp3) is 0.421. The molecule has 0 fully saturated rings. The van der Waals surface area contributed by atoms with Crippen LogP contribution in [0.1, 0.15) is 23.7 Å². The monoisotopic (exact) mass is 456 g/mol. The highest BCUT2D eigenvalue weighted by Gasteiger charge is 2.09. The molecule has 25 heavy (non-hydrogen) atoms. The highest BCUT2D eigenvalue weighted by Crippen LogP contribution is 2.10. The molecule has 1 N–H and O–H groups in total. The summed E-state index contributed by atoms with van der Waals surface area (Å²) in [7, 11) is 5.92. The lowest BCUT2D eigenvalue weighted by Crippen LogP contribution is -2.38. The minimum atomic E-state index is 0. The molecule has 0 saturated heterocycles. The molecule has 0 aliphatic rings. The molecular formula is C19H29IN4O. The summed E-state index contributed by atoms with van der Waals surface area (Å²) in [6.45, 7) is 4.92. The van der Waals surface area contributed by atoms with E-state index in [-0.39, 0.29) is 24.0 Å². The molecule has 6 heteroatoms. The quantitative estimate of drug-likeness (QED) is 0.395. The Bertz CT molecular complexity index is 669. The van der Waals surface area contributed by atoms with E-state index in [1.165, 1.54) is 16.8 Å². The van der Waals surface area contributed by atoms with Crippen LogP contribution >= 0.6 is 24.0 Å². The van der Waals surface area contributed by atoms with Crippen LogP contribution in [0.15, 0.2) is 47.6 Å². The molecule has 1 aromatic heterocycles. The Hall–Kier alpha value is -1.54. The smallest absolute Gasteiger partial charge is 0.194 e. The molecule has 138 valence electrons. The molecule has 2 aromatic rings. The predicted octanol–water partition coefficient (Wildman–Crippen LogP) is 3.39. The number of nitrogens with zero attached hydrogens (tertiary/aromatic N) is 3. The fourth-order valence-electron chi connectivity index (χ4n) is 2.62. The normalized spacial score (nSPS) is 11.1. The Kier molecular flexibility index (Phi) is 9.59. The van der Waals surface area contributed by atoms with E-state index in [0.29, 0.717) is 6.61 Å². The van der Waals surface area contributed by atoms with Crippen molar-refractivity contribution < 1.29 is 4.74 Å². The van der Waals surface area contributed by atoms with Crippen molar-refractivity contribution in [3.8, 4) is 0 Å². The molecule has 0 atom stereocenters. The number of nitrogens with one attached hydrogen (secondary N) is 1.